The van der Waals surface area contributed by atoms with Crippen molar-refractivity contribution in [2.75, 3.05) is 0 Å². The highest BCUT2D eigenvalue weighted by atomic mass is 29.8. The highest BCUT2D eigenvalue weighted by molar-refractivity contribution is 7.53. The van der Waals surface area contributed by atoms with Crippen molar-refractivity contribution in [1.29, 1.82) is 0 Å². The van der Waals surface area contributed by atoms with E-state index in [4.69, 9.17) is 0 Å². The van der Waals surface area contributed by atoms with Crippen LogP contribution in [-0.4, -0.2) is 35.9 Å². The maximum atomic E-state index is 2.47. The molecular formula is CH12Si4. The van der Waals surface area contributed by atoms with E-state index in [1.54, 1.807) is 19.5 Å². The van der Waals surface area contributed by atoms with Crippen molar-refractivity contribution in [2.24, 2.45) is 0 Å². The van der Waals surface area contributed by atoms with Gasteiger partial charge in [0.25, 0.3) is 0 Å². The highest BCUT2D eigenvalue weighted by Crippen LogP contribution is 1.53. The first-order valence-corrected chi connectivity index (χ1v) is 16.2. The monoisotopic (exact) mass is 136 g/mol. The van der Waals surface area contributed by atoms with Gasteiger partial charge in [0.1, 0.15) is 0 Å². The van der Waals surface area contributed by atoms with Crippen molar-refractivity contribution >= 4 is 35.9 Å². The van der Waals surface area contributed by atoms with Crippen LogP contribution in [0.15, 0.2) is 0 Å². The van der Waals surface area contributed by atoms with E-state index in [9.17, 15) is 0 Å². The highest BCUT2D eigenvalue weighted by Gasteiger charge is 1.84. The summed E-state index contributed by atoms with van der Waals surface area (Å²) in [5.74, 6) is 0. The summed E-state index contributed by atoms with van der Waals surface area (Å²) in [4.78, 5) is 0. The molecule has 32 valence electrons. The Hall–Kier alpha value is 0.868. The molecule has 4 heteroatoms. The van der Waals surface area contributed by atoms with Gasteiger partial charge in [0, 0.05) is 9.04 Å². The van der Waals surface area contributed by atoms with Crippen LogP contribution in [0, 0.1) is 0 Å². The molecule has 0 amide bonds. The summed E-state index contributed by atoms with van der Waals surface area (Å²) in [7, 11) is 4.14. The number of hydrogen-bond donors (Lipinski definition) is 0. The number of hydrogen-bond acceptors (Lipinski definition) is 0. The van der Waals surface area contributed by atoms with E-state index in [0.29, 0.717) is 9.04 Å². The van der Waals surface area contributed by atoms with Gasteiger partial charge in [-0.1, -0.05) is 6.55 Å². The van der Waals surface area contributed by atoms with Crippen LogP contribution in [0.5, 0.6) is 0 Å². The third-order valence-electron chi connectivity index (χ3n) is 0.816. The second kappa shape index (κ2) is 3.07. The molecule has 0 nitrogen and oxygen atoms in total. The van der Waals surface area contributed by atoms with Crippen molar-refractivity contribution in [3.8, 4) is 0 Å². The predicted molar refractivity (Wildman–Crippen MR) is 41.4 cm³/mol. The summed E-state index contributed by atoms with van der Waals surface area (Å²) < 4.78 is 0. The first kappa shape index (κ1) is 5.87. The lowest BCUT2D eigenvalue weighted by Gasteiger charge is -1.86. The first-order valence-electron chi connectivity index (χ1n) is 2.27. The van der Waals surface area contributed by atoms with Crippen molar-refractivity contribution in [3.05, 3.63) is 0 Å². The Kier molecular flexibility index (Phi) is 3.61. The minimum Gasteiger partial charge on any atom is -0.0773 e. The van der Waals surface area contributed by atoms with Gasteiger partial charge in [-0.05, 0) is 26.9 Å². The van der Waals surface area contributed by atoms with Gasteiger partial charge < -0.3 is 0 Å². The Labute approximate surface area is 43.0 Å². The second-order valence-corrected chi connectivity index (χ2v) is 41.3. The average Bonchev–Trinajstić information content (AvgIpc) is 1.38. The van der Waals surface area contributed by atoms with Gasteiger partial charge in [-0.2, -0.15) is 0 Å². The van der Waals surface area contributed by atoms with Crippen LogP contribution < -0.4 is 0 Å². The van der Waals surface area contributed by atoms with Crippen LogP contribution in [-0.2, 0) is 0 Å². The smallest absolute Gasteiger partial charge is 0.00183 e. The Morgan fingerprint density at radius 2 is 1.80 bits per heavy atom. The molecule has 0 aliphatic rings. The summed E-state index contributed by atoms with van der Waals surface area (Å²) in [6, 6.07) is 0. The molecule has 0 bridgehead atoms. The zero-order valence-corrected chi connectivity index (χ0v) is 10.9. The first-order chi connectivity index (χ1) is 2.27. The lowest BCUT2D eigenvalue weighted by atomic mass is 11.9. The summed E-state index contributed by atoms with van der Waals surface area (Å²) >= 11 is 0. The fraction of sp³-hybridized carbons (Fsp3) is 1.00. The molecule has 0 spiro atoms. The molecule has 0 rings (SSSR count). The Morgan fingerprint density at radius 3 is 1.80 bits per heavy atom. The fourth-order valence-corrected chi connectivity index (χ4v) is 0. The van der Waals surface area contributed by atoms with Crippen LogP contribution in [0.4, 0.5) is 0 Å². The predicted octanol–water partition coefficient (Wildman–Crippen LogP) is -3.35. The van der Waals surface area contributed by atoms with Gasteiger partial charge >= 0.3 is 0 Å². The van der Waals surface area contributed by atoms with Gasteiger partial charge in [-0.3, -0.25) is 0 Å². The molecular weight excluding hydrogens is 124 g/mol. The molecule has 0 saturated carbocycles. The molecule has 0 saturated heterocycles. The third kappa shape index (κ3) is 4.87. The summed E-state index contributed by atoms with van der Waals surface area (Å²) in [6.45, 7) is 2.47. The van der Waals surface area contributed by atoms with Crippen LogP contribution in [0.2, 0.25) is 6.55 Å². The maximum Gasteiger partial charge on any atom is 0.00183 e. The molecule has 0 aromatic rings. The van der Waals surface area contributed by atoms with Gasteiger partial charge in [0.05, 0.1) is 0 Å². The van der Waals surface area contributed by atoms with E-state index >= 15 is 0 Å². The molecule has 0 N–H and O–H groups in total. The van der Waals surface area contributed by atoms with Crippen molar-refractivity contribution in [2.45, 2.75) is 6.55 Å². The topological polar surface area (TPSA) is 0 Å². The molecule has 0 radical (unpaired) electrons. The minimum absolute atomic E-state index is 0.267. The van der Waals surface area contributed by atoms with E-state index in [0.717, 1.165) is 0 Å². The Morgan fingerprint density at radius 1 is 1.60 bits per heavy atom. The van der Waals surface area contributed by atoms with E-state index in [1.165, 1.54) is 0 Å². The largest absolute Gasteiger partial charge is 0.0773 e. The van der Waals surface area contributed by atoms with Crippen LogP contribution >= 0.6 is 0 Å². The van der Waals surface area contributed by atoms with Gasteiger partial charge in [-0.15, -0.1) is 0 Å². The molecule has 0 aliphatic carbocycles. The molecule has 0 aliphatic heterocycles. The maximum absolute atomic E-state index is 2.47. The van der Waals surface area contributed by atoms with E-state index in [-0.39, 0.29) is 7.35 Å². The molecule has 5 heavy (non-hydrogen) atoms. The molecule has 0 atom stereocenters. The zero-order valence-electron chi connectivity index (χ0n) is 4.28. The SMILES string of the molecule is C[SiH2][SiH]([SiH3])[SiH3]. The summed E-state index contributed by atoms with van der Waals surface area (Å²) in [5.41, 5.74) is 0. The van der Waals surface area contributed by atoms with E-state index in [1.807, 2.05) is 0 Å². The van der Waals surface area contributed by atoms with Crippen molar-refractivity contribution in [3.63, 3.8) is 0 Å². The van der Waals surface area contributed by atoms with Crippen LogP contribution in [0.1, 0.15) is 0 Å². The molecule has 0 aromatic heterocycles. The van der Waals surface area contributed by atoms with Gasteiger partial charge in [0.15, 0.2) is 0 Å². The van der Waals surface area contributed by atoms with Gasteiger partial charge in [-0.25, -0.2) is 0 Å². The van der Waals surface area contributed by atoms with Crippen LogP contribution in [0.25, 0.3) is 0 Å². The van der Waals surface area contributed by atoms with Crippen molar-refractivity contribution < 1.29 is 0 Å². The average molecular weight is 136 g/mol. The lowest BCUT2D eigenvalue weighted by molar-refractivity contribution is 2.36. The second-order valence-electron chi connectivity index (χ2n) is 1.80. The quantitative estimate of drug-likeness (QED) is 0.331. The zero-order chi connectivity index (χ0) is 4.28. The van der Waals surface area contributed by atoms with Crippen molar-refractivity contribution in [1.82, 2.24) is 0 Å². The molecule has 0 aromatic carbocycles. The lowest BCUT2D eigenvalue weighted by Crippen LogP contribution is -2.20. The molecule has 0 unspecified atom stereocenters. The van der Waals surface area contributed by atoms with Gasteiger partial charge in [0.2, 0.25) is 0 Å². The Balaban J connectivity index is 2.54. The fourth-order valence-electron chi connectivity index (χ4n) is 0. The van der Waals surface area contributed by atoms with E-state index in [2.05, 4.69) is 6.55 Å². The summed E-state index contributed by atoms with van der Waals surface area (Å²) in [6.07, 6.45) is 0. The number of rotatable bonds is 1. The Bertz CT molecular complexity index is 17.6. The molecule has 0 fully saturated rings. The normalized spacial score (nSPS) is 18.6. The standard InChI is InChI=1S/CH12Si4/c1-4-5(2)3/h5H,4H2,1-3H3. The minimum atomic E-state index is 0.267. The third-order valence-corrected chi connectivity index (χ3v) is 22.0. The molecule has 0 heterocycles. The summed E-state index contributed by atoms with van der Waals surface area (Å²) in [5, 5.41) is 0. The van der Waals surface area contributed by atoms with E-state index < -0.39 is 0 Å². The van der Waals surface area contributed by atoms with Crippen LogP contribution in [0.3, 0.4) is 0 Å².